The third-order valence-electron chi connectivity index (χ3n) is 5.31. The van der Waals surface area contributed by atoms with Crippen LogP contribution in [0.25, 0.3) is 0 Å². The maximum Gasteiger partial charge on any atom is 0.262 e. The van der Waals surface area contributed by atoms with Crippen molar-refractivity contribution in [3.63, 3.8) is 0 Å². The van der Waals surface area contributed by atoms with Gasteiger partial charge in [-0.05, 0) is 60.8 Å². The van der Waals surface area contributed by atoms with Gasteiger partial charge in [-0.25, -0.2) is 0 Å². The van der Waals surface area contributed by atoms with Crippen LogP contribution in [0, 0.1) is 17.2 Å². The van der Waals surface area contributed by atoms with Gasteiger partial charge in [0.2, 0.25) is 0 Å². The highest BCUT2D eigenvalue weighted by Crippen LogP contribution is 2.39. The van der Waals surface area contributed by atoms with Gasteiger partial charge in [0, 0.05) is 4.88 Å². The fourth-order valence-electron chi connectivity index (χ4n) is 3.40. The minimum absolute atomic E-state index is 0.0630. The van der Waals surface area contributed by atoms with Crippen molar-refractivity contribution in [2.75, 3.05) is 11.9 Å². The number of benzene rings is 1. The summed E-state index contributed by atoms with van der Waals surface area (Å²) in [5.74, 6) is 1.59. The molecule has 0 aliphatic heterocycles. The normalized spacial score (nSPS) is 16.9. The van der Waals surface area contributed by atoms with Crippen LogP contribution >= 0.6 is 11.3 Å². The Labute approximate surface area is 165 Å². The summed E-state index contributed by atoms with van der Waals surface area (Å²) in [6.07, 6.45) is 4.10. The largest absolute Gasteiger partial charge is 0.484 e. The number of carbonyl (C=O) groups is 1. The summed E-state index contributed by atoms with van der Waals surface area (Å²) >= 11 is 1.54. The van der Waals surface area contributed by atoms with Gasteiger partial charge in [0.15, 0.2) is 6.61 Å². The number of nitrogens with one attached hydrogen (secondary N) is 1. The Balaban J connectivity index is 1.61. The highest BCUT2D eigenvalue weighted by molar-refractivity contribution is 7.16. The monoisotopic (exact) mass is 382 g/mol. The molecule has 0 radical (unpaired) electrons. The number of carbonyl (C=O) groups excluding carboxylic acids is 1. The van der Waals surface area contributed by atoms with Crippen molar-refractivity contribution >= 4 is 22.2 Å². The number of anilines is 1. The van der Waals surface area contributed by atoms with E-state index < -0.39 is 0 Å². The Morgan fingerprint density at radius 1 is 1.41 bits per heavy atom. The molecule has 1 aliphatic carbocycles. The highest BCUT2D eigenvalue weighted by Gasteiger charge is 2.24. The molecule has 0 unspecified atom stereocenters. The fraction of sp³-hybridized carbons (Fsp3) is 0.455. The number of fused-ring (bicyclic) bond motifs is 1. The van der Waals surface area contributed by atoms with E-state index in [9.17, 15) is 10.1 Å². The molecule has 3 rings (SSSR count). The van der Waals surface area contributed by atoms with Crippen LogP contribution in [0.15, 0.2) is 24.3 Å². The number of thiophene rings is 1. The molecule has 1 heterocycles. The average Bonchev–Trinajstić information content (AvgIpc) is 3.01. The zero-order valence-electron chi connectivity index (χ0n) is 16.2. The molecule has 0 bridgehead atoms. The summed E-state index contributed by atoms with van der Waals surface area (Å²) < 4.78 is 5.61. The van der Waals surface area contributed by atoms with E-state index in [4.69, 9.17) is 4.74 Å². The van der Waals surface area contributed by atoms with Crippen LogP contribution in [-0.2, 0) is 17.6 Å². The standard InChI is InChI=1S/C22H26N2O2S/c1-4-15(3)16-6-8-17(9-7-16)26-13-21(25)24-22-19(12-23)18-10-5-14(2)11-20(18)27-22/h6-9,14-15H,4-5,10-11,13H2,1-3H3,(H,24,25)/t14-,15-/m1/s1. The Morgan fingerprint density at radius 2 is 2.15 bits per heavy atom. The molecule has 0 saturated carbocycles. The second-order valence-corrected chi connectivity index (χ2v) is 8.49. The number of nitrogens with zero attached hydrogens (tertiary/aromatic N) is 1. The zero-order chi connectivity index (χ0) is 19.4. The Morgan fingerprint density at radius 3 is 2.81 bits per heavy atom. The maximum atomic E-state index is 12.3. The topological polar surface area (TPSA) is 62.1 Å². The van der Waals surface area contributed by atoms with Crippen LogP contribution in [0.2, 0.25) is 0 Å². The van der Waals surface area contributed by atoms with Crippen molar-refractivity contribution in [3.8, 4) is 11.8 Å². The summed E-state index contributed by atoms with van der Waals surface area (Å²) in [6.45, 7) is 6.52. The molecule has 5 heteroatoms. The molecule has 0 saturated heterocycles. The third kappa shape index (κ3) is 4.51. The van der Waals surface area contributed by atoms with E-state index in [1.807, 2.05) is 24.3 Å². The van der Waals surface area contributed by atoms with Gasteiger partial charge in [-0.3, -0.25) is 4.79 Å². The lowest BCUT2D eigenvalue weighted by atomic mass is 9.89. The minimum Gasteiger partial charge on any atom is -0.484 e. The van der Waals surface area contributed by atoms with E-state index in [1.165, 1.54) is 21.8 Å². The molecule has 1 N–H and O–H groups in total. The van der Waals surface area contributed by atoms with Gasteiger partial charge in [0.05, 0.1) is 5.56 Å². The number of amides is 1. The van der Waals surface area contributed by atoms with Crippen LogP contribution in [-0.4, -0.2) is 12.5 Å². The van der Waals surface area contributed by atoms with Gasteiger partial charge < -0.3 is 10.1 Å². The van der Waals surface area contributed by atoms with E-state index in [1.54, 1.807) is 0 Å². The van der Waals surface area contributed by atoms with Gasteiger partial charge in [-0.15, -0.1) is 11.3 Å². The number of hydrogen-bond acceptors (Lipinski definition) is 4. The van der Waals surface area contributed by atoms with Crippen molar-refractivity contribution in [1.29, 1.82) is 5.26 Å². The molecule has 2 aromatic rings. The van der Waals surface area contributed by atoms with Gasteiger partial charge in [0.25, 0.3) is 5.91 Å². The molecular weight excluding hydrogens is 356 g/mol. The second-order valence-electron chi connectivity index (χ2n) is 7.38. The Hall–Kier alpha value is -2.32. The highest BCUT2D eigenvalue weighted by atomic mass is 32.1. The molecule has 0 fully saturated rings. The lowest BCUT2D eigenvalue weighted by Crippen LogP contribution is -2.20. The van der Waals surface area contributed by atoms with Crippen LogP contribution in [0.3, 0.4) is 0 Å². The first-order valence-electron chi connectivity index (χ1n) is 9.59. The molecule has 0 spiro atoms. The lowest BCUT2D eigenvalue weighted by molar-refractivity contribution is -0.118. The first kappa shape index (κ1) is 19.4. The minimum atomic E-state index is -0.232. The van der Waals surface area contributed by atoms with Crippen LogP contribution in [0.5, 0.6) is 5.75 Å². The molecule has 1 amide bonds. The number of rotatable bonds is 6. The summed E-state index contributed by atoms with van der Waals surface area (Å²) in [5, 5.41) is 13.1. The zero-order valence-corrected chi connectivity index (χ0v) is 17.0. The van der Waals surface area contributed by atoms with Gasteiger partial charge >= 0.3 is 0 Å². The summed E-state index contributed by atoms with van der Waals surface area (Å²) in [4.78, 5) is 13.6. The van der Waals surface area contributed by atoms with Crippen LogP contribution in [0.4, 0.5) is 5.00 Å². The summed E-state index contributed by atoms with van der Waals surface area (Å²) in [6, 6.07) is 10.2. The fourth-order valence-corrected chi connectivity index (χ4v) is 4.77. The number of ether oxygens (including phenoxy) is 1. The number of nitriles is 1. The number of hydrogen-bond donors (Lipinski definition) is 1. The average molecular weight is 383 g/mol. The Bertz CT molecular complexity index is 848. The maximum absolute atomic E-state index is 12.3. The summed E-state index contributed by atoms with van der Waals surface area (Å²) in [7, 11) is 0. The van der Waals surface area contributed by atoms with Gasteiger partial charge in [-0.2, -0.15) is 5.26 Å². The first-order valence-corrected chi connectivity index (χ1v) is 10.4. The van der Waals surface area contributed by atoms with E-state index in [-0.39, 0.29) is 12.5 Å². The van der Waals surface area contributed by atoms with Gasteiger partial charge in [0.1, 0.15) is 16.8 Å². The predicted octanol–water partition coefficient (Wildman–Crippen LogP) is 5.28. The van der Waals surface area contributed by atoms with E-state index in [0.717, 1.165) is 31.2 Å². The van der Waals surface area contributed by atoms with E-state index >= 15 is 0 Å². The molecule has 2 atom stereocenters. The molecule has 1 aliphatic rings. The molecule has 142 valence electrons. The molecular formula is C22H26N2O2S. The van der Waals surface area contributed by atoms with Crippen molar-refractivity contribution in [2.24, 2.45) is 5.92 Å². The van der Waals surface area contributed by atoms with Crippen molar-refractivity contribution in [2.45, 2.75) is 52.4 Å². The lowest BCUT2D eigenvalue weighted by Gasteiger charge is -2.17. The Kier molecular flexibility index (Phi) is 6.18. The smallest absolute Gasteiger partial charge is 0.262 e. The van der Waals surface area contributed by atoms with Crippen molar-refractivity contribution in [1.82, 2.24) is 0 Å². The van der Waals surface area contributed by atoms with E-state index in [2.05, 4.69) is 32.2 Å². The predicted molar refractivity (Wildman–Crippen MR) is 109 cm³/mol. The van der Waals surface area contributed by atoms with E-state index in [0.29, 0.717) is 28.1 Å². The summed E-state index contributed by atoms with van der Waals surface area (Å²) in [5.41, 5.74) is 3.02. The molecule has 1 aromatic carbocycles. The van der Waals surface area contributed by atoms with Crippen LogP contribution < -0.4 is 10.1 Å². The first-order chi connectivity index (χ1) is 13.0. The SMILES string of the molecule is CC[C@@H](C)c1ccc(OCC(=O)Nc2sc3c(c2C#N)CC[C@@H](C)C3)cc1. The molecule has 27 heavy (non-hydrogen) atoms. The van der Waals surface area contributed by atoms with Crippen molar-refractivity contribution in [3.05, 3.63) is 45.8 Å². The van der Waals surface area contributed by atoms with Gasteiger partial charge in [-0.1, -0.05) is 32.9 Å². The third-order valence-corrected chi connectivity index (χ3v) is 6.48. The second kappa shape index (κ2) is 8.58. The molecule has 4 nitrogen and oxygen atoms in total. The molecule has 1 aromatic heterocycles. The van der Waals surface area contributed by atoms with Crippen molar-refractivity contribution < 1.29 is 9.53 Å². The quantitative estimate of drug-likeness (QED) is 0.740. The van der Waals surface area contributed by atoms with Crippen LogP contribution in [0.1, 0.15) is 61.1 Å².